The summed E-state index contributed by atoms with van der Waals surface area (Å²) >= 11 is 0. The molecule has 0 aliphatic carbocycles. The standard InChI is InChI=1S/C14H14FN3O2/c1-18-13(19)7-6-12(17-18)14(20)16-9-8-10-4-2-3-5-11(10)15/h2-7H,8-9H2,1H3,(H,16,20). The Labute approximate surface area is 115 Å². The Hall–Kier alpha value is -2.50. The van der Waals surface area contributed by atoms with Crippen LogP contribution in [0.5, 0.6) is 0 Å². The molecule has 2 rings (SSSR count). The third-order valence-corrected chi connectivity index (χ3v) is 2.83. The number of benzene rings is 1. The van der Waals surface area contributed by atoms with E-state index in [0.717, 1.165) is 4.68 Å². The lowest BCUT2D eigenvalue weighted by molar-refractivity contribution is 0.0946. The van der Waals surface area contributed by atoms with Gasteiger partial charge in [0.2, 0.25) is 0 Å². The third kappa shape index (κ3) is 3.28. The summed E-state index contributed by atoms with van der Waals surface area (Å²) in [5.41, 5.74) is 0.412. The lowest BCUT2D eigenvalue weighted by atomic mass is 10.1. The van der Waals surface area contributed by atoms with Crippen LogP contribution in [0.1, 0.15) is 16.1 Å². The summed E-state index contributed by atoms with van der Waals surface area (Å²) in [6, 6.07) is 9.05. The van der Waals surface area contributed by atoms with Crippen LogP contribution in [0, 0.1) is 5.82 Å². The van der Waals surface area contributed by atoms with Gasteiger partial charge in [-0.15, -0.1) is 0 Å². The van der Waals surface area contributed by atoms with E-state index >= 15 is 0 Å². The molecule has 0 aliphatic rings. The second-order valence-electron chi connectivity index (χ2n) is 4.28. The molecule has 0 spiro atoms. The minimum Gasteiger partial charge on any atom is -0.350 e. The van der Waals surface area contributed by atoms with Gasteiger partial charge in [0, 0.05) is 19.7 Å². The highest BCUT2D eigenvalue weighted by molar-refractivity contribution is 5.91. The fourth-order valence-corrected chi connectivity index (χ4v) is 1.73. The van der Waals surface area contributed by atoms with E-state index in [1.54, 1.807) is 18.2 Å². The number of nitrogens with zero attached hydrogens (tertiary/aromatic N) is 2. The highest BCUT2D eigenvalue weighted by Crippen LogP contribution is 2.06. The lowest BCUT2D eigenvalue weighted by Gasteiger charge is -2.06. The minimum atomic E-state index is -0.392. The number of aromatic nitrogens is 2. The molecule has 1 heterocycles. The van der Waals surface area contributed by atoms with E-state index in [1.807, 2.05) is 0 Å². The summed E-state index contributed by atoms with van der Waals surface area (Å²) in [6.07, 6.45) is 0.393. The zero-order valence-corrected chi connectivity index (χ0v) is 11.0. The number of aryl methyl sites for hydroxylation is 1. The molecule has 0 unspecified atom stereocenters. The number of carbonyl (C=O) groups excluding carboxylic acids is 1. The van der Waals surface area contributed by atoms with Gasteiger partial charge >= 0.3 is 0 Å². The Kier molecular flexibility index (Phi) is 4.24. The molecule has 6 heteroatoms. The van der Waals surface area contributed by atoms with E-state index in [-0.39, 0.29) is 17.1 Å². The number of carbonyl (C=O) groups is 1. The van der Waals surface area contributed by atoms with Crippen molar-refractivity contribution in [1.29, 1.82) is 0 Å². The van der Waals surface area contributed by atoms with E-state index in [4.69, 9.17) is 0 Å². The minimum absolute atomic E-state index is 0.153. The maximum atomic E-state index is 13.4. The van der Waals surface area contributed by atoms with Gasteiger partial charge in [-0.1, -0.05) is 18.2 Å². The number of halogens is 1. The van der Waals surface area contributed by atoms with Gasteiger partial charge in [-0.2, -0.15) is 5.10 Å². The van der Waals surface area contributed by atoms with Crippen LogP contribution >= 0.6 is 0 Å². The quantitative estimate of drug-likeness (QED) is 0.901. The van der Waals surface area contributed by atoms with Crippen molar-refractivity contribution in [3.63, 3.8) is 0 Å². The summed E-state index contributed by atoms with van der Waals surface area (Å²) < 4.78 is 14.5. The van der Waals surface area contributed by atoms with Crippen LogP contribution in [0.2, 0.25) is 0 Å². The highest BCUT2D eigenvalue weighted by Gasteiger charge is 2.08. The summed E-state index contributed by atoms with van der Waals surface area (Å²) in [5, 5.41) is 6.47. The fraction of sp³-hybridized carbons (Fsp3) is 0.214. The molecule has 0 fully saturated rings. The summed E-state index contributed by atoms with van der Waals surface area (Å²) in [7, 11) is 1.47. The molecule has 5 nitrogen and oxygen atoms in total. The Morgan fingerprint density at radius 2 is 2.05 bits per heavy atom. The second kappa shape index (κ2) is 6.10. The van der Waals surface area contributed by atoms with Crippen molar-refractivity contribution in [2.75, 3.05) is 6.54 Å². The topological polar surface area (TPSA) is 64.0 Å². The van der Waals surface area contributed by atoms with E-state index < -0.39 is 5.91 Å². The summed E-state index contributed by atoms with van der Waals surface area (Å²) in [5.74, 6) is -0.682. The molecule has 1 amide bonds. The molecule has 104 valence electrons. The average Bonchev–Trinajstić information content (AvgIpc) is 2.44. The lowest BCUT2D eigenvalue weighted by Crippen LogP contribution is -2.29. The molecule has 0 radical (unpaired) electrons. The third-order valence-electron chi connectivity index (χ3n) is 2.83. The molecular weight excluding hydrogens is 261 g/mol. The molecule has 1 aromatic heterocycles. The molecule has 0 saturated heterocycles. The maximum Gasteiger partial charge on any atom is 0.271 e. The van der Waals surface area contributed by atoms with Crippen LogP contribution < -0.4 is 10.9 Å². The Morgan fingerprint density at radius 3 is 2.75 bits per heavy atom. The first-order valence-electron chi connectivity index (χ1n) is 6.14. The van der Waals surface area contributed by atoms with Gasteiger partial charge in [-0.3, -0.25) is 9.59 Å². The number of hydrogen-bond acceptors (Lipinski definition) is 3. The molecule has 0 aliphatic heterocycles. The molecule has 0 atom stereocenters. The summed E-state index contributed by atoms with van der Waals surface area (Å²) in [6.45, 7) is 0.296. The monoisotopic (exact) mass is 275 g/mol. The SMILES string of the molecule is Cn1nc(C(=O)NCCc2ccccc2F)ccc1=O. The second-order valence-corrected chi connectivity index (χ2v) is 4.28. The van der Waals surface area contributed by atoms with Crippen LogP contribution in [-0.2, 0) is 13.5 Å². The maximum absolute atomic E-state index is 13.4. The van der Waals surface area contributed by atoms with Crippen LogP contribution in [-0.4, -0.2) is 22.2 Å². The first kappa shape index (κ1) is 13.9. The van der Waals surface area contributed by atoms with Crippen LogP contribution in [0.3, 0.4) is 0 Å². The molecule has 0 saturated carbocycles. The van der Waals surface area contributed by atoms with Gasteiger partial charge in [0.25, 0.3) is 11.5 Å². The normalized spacial score (nSPS) is 10.3. The van der Waals surface area contributed by atoms with Gasteiger partial charge in [0.05, 0.1) is 0 Å². The average molecular weight is 275 g/mol. The van der Waals surface area contributed by atoms with Gasteiger partial charge in [-0.25, -0.2) is 9.07 Å². The van der Waals surface area contributed by atoms with Gasteiger partial charge in [-0.05, 0) is 24.1 Å². The molecule has 1 aromatic carbocycles. The molecule has 20 heavy (non-hydrogen) atoms. The predicted molar refractivity (Wildman–Crippen MR) is 71.9 cm³/mol. The van der Waals surface area contributed by atoms with Crippen LogP contribution in [0.15, 0.2) is 41.2 Å². The van der Waals surface area contributed by atoms with E-state index in [9.17, 15) is 14.0 Å². The van der Waals surface area contributed by atoms with E-state index in [1.165, 1.54) is 25.2 Å². The van der Waals surface area contributed by atoms with Crippen molar-refractivity contribution in [3.8, 4) is 0 Å². The van der Waals surface area contributed by atoms with Crippen molar-refractivity contribution in [1.82, 2.24) is 15.1 Å². The van der Waals surface area contributed by atoms with Crippen molar-refractivity contribution in [2.45, 2.75) is 6.42 Å². The zero-order valence-electron chi connectivity index (χ0n) is 11.0. The molecule has 0 bridgehead atoms. The van der Waals surface area contributed by atoms with Crippen LogP contribution in [0.4, 0.5) is 4.39 Å². The largest absolute Gasteiger partial charge is 0.350 e. The number of nitrogens with one attached hydrogen (secondary N) is 1. The first-order valence-corrected chi connectivity index (χ1v) is 6.14. The van der Waals surface area contributed by atoms with Gasteiger partial charge < -0.3 is 5.32 Å². The summed E-state index contributed by atoms with van der Waals surface area (Å²) in [4.78, 5) is 23.0. The van der Waals surface area contributed by atoms with Gasteiger partial charge in [0.15, 0.2) is 0 Å². The number of amides is 1. The smallest absolute Gasteiger partial charge is 0.271 e. The van der Waals surface area contributed by atoms with Crippen molar-refractivity contribution in [2.24, 2.45) is 7.05 Å². The highest BCUT2D eigenvalue weighted by atomic mass is 19.1. The molecule has 2 aromatic rings. The van der Waals surface area contributed by atoms with Crippen molar-refractivity contribution >= 4 is 5.91 Å². The molecular formula is C14H14FN3O2. The van der Waals surface area contributed by atoms with Crippen LogP contribution in [0.25, 0.3) is 0 Å². The fourth-order valence-electron chi connectivity index (χ4n) is 1.73. The van der Waals surface area contributed by atoms with E-state index in [0.29, 0.717) is 18.5 Å². The van der Waals surface area contributed by atoms with Crippen molar-refractivity contribution in [3.05, 3.63) is 63.8 Å². The Bertz CT molecular complexity index is 682. The van der Waals surface area contributed by atoms with E-state index in [2.05, 4.69) is 10.4 Å². The first-order chi connectivity index (χ1) is 9.58. The Morgan fingerprint density at radius 1 is 1.30 bits per heavy atom. The molecule has 1 N–H and O–H groups in total. The zero-order chi connectivity index (χ0) is 14.5. The van der Waals surface area contributed by atoms with Crippen molar-refractivity contribution < 1.29 is 9.18 Å². The van der Waals surface area contributed by atoms with Gasteiger partial charge in [0.1, 0.15) is 11.5 Å². The predicted octanol–water partition coefficient (Wildman–Crippen LogP) is 0.892. The Balaban J connectivity index is 1.94. The number of hydrogen-bond donors (Lipinski definition) is 1. The number of rotatable bonds is 4.